The second-order valence-corrected chi connectivity index (χ2v) is 9.79. The second kappa shape index (κ2) is 11.9. The van der Waals surface area contributed by atoms with Gasteiger partial charge in [0, 0.05) is 18.6 Å². The lowest BCUT2D eigenvalue weighted by Crippen LogP contribution is -2.52. The van der Waals surface area contributed by atoms with E-state index in [4.69, 9.17) is 16.3 Å². The number of anilines is 1. The van der Waals surface area contributed by atoms with Gasteiger partial charge in [0.15, 0.2) is 0 Å². The van der Waals surface area contributed by atoms with Gasteiger partial charge in [-0.3, -0.25) is 13.9 Å². The van der Waals surface area contributed by atoms with Crippen LogP contribution in [0.25, 0.3) is 0 Å². The van der Waals surface area contributed by atoms with E-state index in [0.29, 0.717) is 17.9 Å². The summed E-state index contributed by atoms with van der Waals surface area (Å²) in [6.45, 7) is 1.55. The molecule has 0 saturated heterocycles. The number of nitrogens with one attached hydrogen (secondary N) is 1. The third-order valence-corrected chi connectivity index (χ3v) is 6.57. The van der Waals surface area contributed by atoms with Gasteiger partial charge in [-0.1, -0.05) is 48.9 Å². The maximum absolute atomic E-state index is 13.5. The monoisotopic (exact) mass is 495 g/mol. The molecule has 0 bridgehead atoms. The number of sulfonamides is 1. The van der Waals surface area contributed by atoms with Crippen LogP contribution in [-0.4, -0.2) is 64.7 Å². The average molecular weight is 496 g/mol. The molecule has 33 heavy (non-hydrogen) atoms. The molecule has 0 saturated carbocycles. The summed E-state index contributed by atoms with van der Waals surface area (Å²) in [5.41, 5.74) is 1.15. The first-order valence-corrected chi connectivity index (χ1v) is 12.7. The lowest BCUT2D eigenvalue weighted by Gasteiger charge is -2.32. The van der Waals surface area contributed by atoms with Crippen molar-refractivity contribution in [1.82, 2.24) is 10.2 Å². The zero-order valence-electron chi connectivity index (χ0n) is 19.2. The molecule has 0 fully saturated rings. The van der Waals surface area contributed by atoms with Crippen LogP contribution < -0.4 is 14.4 Å². The van der Waals surface area contributed by atoms with Crippen LogP contribution in [0.1, 0.15) is 18.9 Å². The predicted octanol–water partition coefficient (Wildman–Crippen LogP) is 2.71. The first-order chi connectivity index (χ1) is 15.6. The number of benzene rings is 2. The topological polar surface area (TPSA) is 96.0 Å². The Morgan fingerprint density at radius 3 is 2.36 bits per heavy atom. The molecule has 0 aliphatic carbocycles. The molecule has 0 spiro atoms. The Morgan fingerprint density at radius 1 is 1.15 bits per heavy atom. The molecule has 1 atom stereocenters. The number of ether oxygens (including phenoxy) is 1. The van der Waals surface area contributed by atoms with Crippen molar-refractivity contribution in [3.05, 3.63) is 59.1 Å². The molecule has 0 unspecified atom stereocenters. The van der Waals surface area contributed by atoms with Crippen molar-refractivity contribution in [3.63, 3.8) is 0 Å². The summed E-state index contributed by atoms with van der Waals surface area (Å²) in [5, 5.41) is 2.88. The number of carbonyl (C=O) groups is 2. The number of amides is 2. The van der Waals surface area contributed by atoms with E-state index in [2.05, 4.69) is 5.32 Å². The molecule has 0 aliphatic rings. The van der Waals surface area contributed by atoms with Crippen LogP contribution in [0.4, 0.5) is 5.69 Å². The molecule has 0 radical (unpaired) electrons. The second-order valence-electron chi connectivity index (χ2n) is 7.45. The molecule has 2 aromatic rings. The maximum atomic E-state index is 13.5. The van der Waals surface area contributed by atoms with Crippen molar-refractivity contribution in [2.75, 3.05) is 37.8 Å². The average Bonchev–Trinajstić information content (AvgIpc) is 2.79. The van der Waals surface area contributed by atoms with Crippen molar-refractivity contribution < 1.29 is 22.7 Å². The van der Waals surface area contributed by atoms with Gasteiger partial charge in [0.05, 0.1) is 19.1 Å². The summed E-state index contributed by atoms with van der Waals surface area (Å²) >= 11 is 6.09. The van der Waals surface area contributed by atoms with E-state index in [9.17, 15) is 18.0 Å². The van der Waals surface area contributed by atoms with Crippen LogP contribution in [-0.2, 0) is 26.0 Å². The van der Waals surface area contributed by atoms with Crippen molar-refractivity contribution in [1.29, 1.82) is 0 Å². The standard InChI is InChI=1S/C23H30ClN3O5S/c1-5-19(23(29)25-2)26(14-13-17-9-7-6-8-10-17)22(28)16-27(33(4,30)31)20-15-18(24)11-12-21(20)32-3/h6-12,15,19H,5,13-14,16H2,1-4H3,(H,25,29)/t19-/m1/s1. The number of rotatable bonds is 11. The molecule has 8 nitrogen and oxygen atoms in total. The Labute approximate surface area is 200 Å². The van der Waals surface area contributed by atoms with Gasteiger partial charge in [-0.2, -0.15) is 0 Å². The summed E-state index contributed by atoms with van der Waals surface area (Å²) < 4.78 is 31.6. The van der Waals surface area contributed by atoms with Gasteiger partial charge in [-0.25, -0.2) is 8.42 Å². The highest BCUT2D eigenvalue weighted by Gasteiger charge is 2.32. The van der Waals surface area contributed by atoms with Crippen molar-refractivity contribution in [3.8, 4) is 5.75 Å². The fraction of sp³-hybridized carbons (Fsp3) is 0.391. The highest BCUT2D eigenvalue weighted by atomic mass is 35.5. The fourth-order valence-electron chi connectivity index (χ4n) is 3.52. The highest BCUT2D eigenvalue weighted by molar-refractivity contribution is 7.92. The molecular formula is C23H30ClN3O5S. The Kier molecular flexibility index (Phi) is 9.55. The van der Waals surface area contributed by atoms with E-state index >= 15 is 0 Å². The summed E-state index contributed by atoms with van der Waals surface area (Å²) in [5.74, 6) is -0.564. The van der Waals surface area contributed by atoms with Crippen LogP contribution in [0.5, 0.6) is 5.75 Å². The molecule has 10 heteroatoms. The zero-order valence-corrected chi connectivity index (χ0v) is 20.8. The summed E-state index contributed by atoms with van der Waals surface area (Å²) in [6.07, 6.45) is 1.89. The van der Waals surface area contributed by atoms with Crippen LogP contribution in [0.3, 0.4) is 0 Å². The third kappa shape index (κ3) is 7.10. The van der Waals surface area contributed by atoms with Crippen molar-refractivity contribution in [2.45, 2.75) is 25.8 Å². The Bertz CT molecular complexity index is 1060. The lowest BCUT2D eigenvalue weighted by molar-refractivity contribution is -0.139. The maximum Gasteiger partial charge on any atom is 0.244 e. The third-order valence-electron chi connectivity index (χ3n) is 5.21. The first-order valence-electron chi connectivity index (χ1n) is 10.5. The Hall–Kier alpha value is -2.78. The minimum Gasteiger partial charge on any atom is -0.495 e. The van der Waals surface area contributed by atoms with Gasteiger partial charge >= 0.3 is 0 Å². The molecule has 0 heterocycles. The van der Waals surface area contributed by atoms with Crippen LogP contribution in [0.2, 0.25) is 5.02 Å². The summed E-state index contributed by atoms with van der Waals surface area (Å²) in [6, 6.07) is 13.3. The van der Waals surface area contributed by atoms with Crippen LogP contribution in [0.15, 0.2) is 48.5 Å². The molecule has 0 aromatic heterocycles. The number of likely N-dealkylation sites (N-methyl/N-ethyl adjacent to an activating group) is 1. The normalized spacial score (nSPS) is 12.0. The van der Waals surface area contributed by atoms with Crippen molar-refractivity contribution in [2.24, 2.45) is 0 Å². The summed E-state index contributed by atoms with van der Waals surface area (Å²) in [7, 11) is -0.967. The first kappa shape index (κ1) is 26.5. The predicted molar refractivity (Wildman–Crippen MR) is 130 cm³/mol. The van der Waals surface area contributed by atoms with Crippen LogP contribution >= 0.6 is 11.6 Å². The van der Waals surface area contributed by atoms with Crippen molar-refractivity contribution >= 4 is 39.1 Å². The molecule has 0 aliphatic heterocycles. The van der Waals surface area contributed by atoms with E-state index in [1.807, 2.05) is 30.3 Å². The van der Waals surface area contributed by atoms with Gasteiger partial charge < -0.3 is 15.0 Å². The zero-order chi connectivity index (χ0) is 24.6. The Morgan fingerprint density at radius 2 is 1.82 bits per heavy atom. The molecular weight excluding hydrogens is 466 g/mol. The van der Waals surface area contributed by atoms with Gasteiger partial charge in [0.25, 0.3) is 0 Å². The lowest BCUT2D eigenvalue weighted by atomic mass is 10.1. The molecule has 2 aromatic carbocycles. The molecule has 180 valence electrons. The largest absolute Gasteiger partial charge is 0.495 e. The fourth-order valence-corrected chi connectivity index (χ4v) is 4.53. The number of carbonyl (C=O) groups excluding carboxylic acids is 2. The van der Waals surface area contributed by atoms with E-state index in [1.54, 1.807) is 13.0 Å². The van der Waals surface area contributed by atoms with Gasteiger partial charge in [0.2, 0.25) is 21.8 Å². The van der Waals surface area contributed by atoms with Crippen LogP contribution in [0, 0.1) is 0 Å². The molecule has 2 rings (SSSR count). The Balaban J connectivity index is 2.41. The minimum absolute atomic E-state index is 0.150. The number of hydrogen-bond donors (Lipinski definition) is 1. The minimum atomic E-state index is -3.87. The van der Waals surface area contributed by atoms with Gasteiger partial charge in [0.1, 0.15) is 18.3 Å². The van der Waals surface area contributed by atoms with Gasteiger partial charge in [-0.05, 0) is 36.6 Å². The van der Waals surface area contributed by atoms with E-state index < -0.39 is 28.5 Å². The quantitative estimate of drug-likeness (QED) is 0.517. The molecule has 1 N–H and O–H groups in total. The SMILES string of the molecule is CC[C@H](C(=O)NC)N(CCc1ccccc1)C(=O)CN(c1cc(Cl)ccc1OC)S(C)(=O)=O. The number of nitrogens with zero attached hydrogens (tertiary/aromatic N) is 2. The van der Waals surface area contributed by atoms with E-state index in [0.717, 1.165) is 16.1 Å². The van der Waals surface area contributed by atoms with E-state index in [-0.39, 0.29) is 23.9 Å². The number of methoxy groups -OCH3 is 1. The number of hydrogen-bond acceptors (Lipinski definition) is 5. The highest BCUT2D eigenvalue weighted by Crippen LogP contribution is 2.33. The smallest absolute Gasteiger partial charge is 0.244 e. The number of halogens is 1. The molecule has 2 amide bonds. The van der Waals surface area contributed by atoms with Gasteiger partial charge in [-0.15, -0.1) is 0 Å². The summed E-state index contributed by atoms with van der Waals surface area (Å²) in [4.78, 5) is 27.4. The van der Waals surface area contributed by atoms with E-state index in [1.165, 1.54) is 31.2 Å².